The number of hydrazone groups is 1. The van der Waals surface area contributed by atoms with Crippen LogP contribution in [0.15, 0.2) is 88.8 Å². The zero-order chi connectivity index (χ0) is 21.6. The highest BCUT2D eigenvalue weighted by atomic mass is 16.2. The van der Waals surface area contributed by atoms with Gasteiger partial charge in [0.2, 0.25) is 0 Å². The number of rotatable bonds is 6. The van der Waals surface area contributed by atoms with Crippen LogP contribution < -0.4 is 11.0 Å². The highest BCUT2D eigenvalue weighted by molar-refractivity contribution is 6.04. The Morgan fingerprint density at radius 1 is 0.935 bits per heavy atom. The summed E-state index contributed by atoms with van der Waals surface area (Å²) < 4.78 is 1.32. The summed E-state index contributed by atoms with van der Waals surface area (Å²) in [5, 5.41) is 9.37. The van der Waals surface area contributed by atoms with Gasteiger partial charge in [-0.05, 0) is 29.2 Å². The summed E-state index contributed by atoms with van der Waals surface area (Å²) in [6.45, 7) is 2.37. The van der Waals surface area contributed by atoms with Crippen LogP contribution in [-0.2, 0) is 13.0 Å². The number of nitrogens with zero attached hydrogens (tertiary/aromatic N) is 3. The van der Waals surface area contributed by atoms with Crippen LogP contribution in [0.5, 0.6) is 0 Å². The molecule has 1 amide bonds. The van der Waals surface area contributed by atoms with Gasteiger partial charge in [0.25, 0.3) is 11.5 Å². The van der Waals surface area contributed by atoms with Crippen LogP contribution in [-0.4, -0.2) is 21.9 Å². The quantitative estimate of drug-likeness (QED) is 0.388. The van der Waals surface area contributed by atoms with Crippen LogP contribution in [0.25, 0.3) is 10.8 Å². The van der Waals surface area contributed by atoms with Crippen molar-refractivity contribution in [3.05, 3.63) is 112 Å². The zero-order valence-electron chi connectivity index (χ0n) is 17.2. The molecule has 1 aromatic heterocycles. The second-order valence-corrected chi connectivity index (χ2v) is 7.14. The molecule has 0 bridgehead atoms. The average Bonchev–Trinajstić information content (AvgIpc) is 2.82. The van der Waals surface area contributed by atoms with Crippen LogP contribution in [0, 0.1) is 0 Å². The summed E-state index contributed by atoms with van der Waals surface area (Å²) in [7, 11) is 0. The fraction of sp³-hybridized carbons (Fsp3) is 0.120. The Labute approximate surface area is 179 Å². The Kier molecular flexibility index (Phi) is 5.98. The van der Waals surface area contributed by atoms with Crippen LogP contribution in [0.3, 0.4) is 0 Å². The molecule has 0 saturated heterocycles. The average molecular weight is 410 g/mol. The fourth-order valence-corrected chi connectivity index (χ4v) is 3.32. The summed E-state index contributed by atoms with van der Waals surface area (Å²) in [5.74, 6) is -0.473. The summed E-state index contributed by atoms with van der Waals surface area (Å²) in [4.78, 5) is 25.8. The van der Waals surface area contributed by atoms with Gasteiger partial charge in [-0.25, -0.2) is 10.1 Å². The Morgan fingerprint density at radius 3 is 2.32 bits per heavy atom. The summed E-state index contributed by atoms with van der Waals surface area (Å²) in [6, 6.07) is 24.5. The van der Waals surface area contributed by atoms with E-state index in [1.165, 1.54) is 10.2 Å². The zero-order valence-corrected chi connectivity index (χ0v) is 17.2. The molecule has 4 aromatic rings. The lowest BCUT2D eigenvalue weighted by Gasteiger charge is -2.10. The van der Waals surface area contributed by atoms with E-state index in [1.54, 1.807) is 30.5 Å². The Bertz CT molecular complexity index is 1290. The van der Waals surface area contributed by atoms with Crippen LogP contribution in [0.1, 0.15) is 34.1 Å². The number of hydrogen-bond donors (Lipinski definition) is 1. The second kappa shape index (κ2) is 9.17. The van der Waals surface area contributed by atoms with Crippen molar-refractivity contribution < 1.29 is 4.79 Å². The summed E-state index contributed by atoms with van der Waals surface area (Å²) >= 11 is 0. The van der Waals surface area contributed by atoms with E-state index in [-0.39, 0.29) is 17.8 Å². The van der Waals surface area contributed by atoms with Crippen molar-refractivity contribution in [2.45, 2.75) is 19.9 Å². The lowest BCUT2D eigenvalue weighted by molar-refractivity contribution is 0.0949. The van der Waals surface area contributed by atoms with E-state index in [0.29, 0.717) is 10.8 Å². The number of hydrogen-bond acceptors (Lipinski definition) is 4. The Balaban J connectivity index is 1.63. The molecular formula is C25H22N4O2. The molecule has 0 aliphatic rings. The molecule has 1 heterocycles. The molecule has 31 heavy (non-hydrogen) atoms. The van der Waals surface area contributed by atoms with Gasteiger partial charge in [-0.1, -0.05) is 79.7 Å². The van der Waals surface area contributed by atoms with Crippen molar-refractivity contribution in [2.24, 2.45) is 5.10 Å². The van der Waals surface area contributed by atoms with Crippen molar-refractivity contribution in [1.29, 1.82) is 0 Å². The van der Waals surface area contributed by atoms with Crippen LogP contribution in [0.2, 0.25) is 0 Å². The lowest BCUT2D eigenvalue weighted by Crippen LogP contribution is -2.29. The molecule has 0 fully saturated rings. The predicted octanol–water partition coefficient (Wildman–Crippen LogP) is 3.77. The van der Waals surface area contributed by atoms with E-state index in [1.807, 2.05) is 54.6 Å². The van der Waals surface area contributed by atoms with Gasteiger partial charge in [-0.15, -0.1) is 0 Å². The molecule has 154 valence electrons. The molecule has 4 rings (SSSR count). The molecule has 0 aliphatic carbocycles. The third-order valence-electron chi connectivity index (χ3n) is 5.03. The van der Waals surface area contributed by atoms with Crippen LogP contribution in [0.4, 0.5) is 0 Å². The van der Waals surface area contributed by atoms with Crippen molar-refractivity contribution in [2.75, 3.05) is 0 Å². The molecule has 0 atom stereocenters. The van der Waals surface area contributed by atoms with Crippen molar-refractivity contribution >= 4 is 22.9 Å². The molecule has 6 nitrogen and oxygen atoms in total. The van der Waals surface area contributed by atoms with Crippen molar-refractivity contribution in [1.82, 2.24) is 15.2 Å². The number of carbonyl (C=O) groups excluding carboxylic acids is 1. The number of benzene rings is 3. The largest absolute Gasteiger partial charge is 0.292 e. The van der Waals surface area contributed by atoms with Crippen molar-refractivity contribution in [3.8, 4) is 0 Å². The molecule has 0 aliphatic heterocycles. The van der Waals surface area contributed by atoms with Gasteiger partial charge in [-0.3, -0.25) is 9.59 Å². The minimum atomic E-state index is -0.473. The minimum Gasteiger partial charge on any atom is -0.267 e. The molecule has 3 aromatic carbocycles. The van der Waals surface area contributed by atoms with Gasteiger partial charge in [0.15, 0.2) is 5.69 Å². The standard InChI is InChI=1S/C25H22N4O2/c1-2-18-12-14-19(15-13-18)16-26-27-24(30)23-21-10-6-7-11-22(21)25(31)29(28-23)17-20-8-4-3-5-9-20/h3-16H,2,17H2,1H3,(H,27,30)/b26-16+. The Morgan fingerprint density at radius 2 is 1.61 bits per heavy atom. The fourth-order valence-electron chi connectivity index (χ4n) is 3.32. The first-order valence-electron chi connectivity index (χ1n) is 10.1. The van der Waals surface area contributed by atoms with Crippen LogP contribution >= 0.6 is 0 Å². The van der Waals surface area contributed by atoms with Gasteiger partial charge in [0.05, 0.1) is 18.1 Å². The summed E-state index contributed by atoms with van der Waals surface area (Å²) in [5.41, 5.74) is 5.48. The SMILES string of the molecule is CCc1ccc(/C=N/NC(=O)c2nn(Cc3ccccc3)c(=O)c3ccccc23)cc1. The van der Waals surface area contributed by atoms with Gasteiger partial charge in [-0.2, -0.15) is 10.2 Å². The smallest absolute Gasteiger partial charge is 0.267 e. The van der Waals surface area contributed by atoms with E-state index >= 15 is 0 Å². The van der Waals surface area contributed by atoms with Gasteiger partial charge >= 0.3 is 0 Å². The first-order valence-corrected chi connectivity index (χ1v) is 10.1. The highest BCUT2D eigenvalue weighted by Gasteiger charge is 2.16. The summed E-state index contributed by atoms with van der Waals surface area (Å²) in [6.07, 6.45) is 2.55. The van der Waals surface area contributed by atoms with Gasteiger partial charge in [0, 0.05) is 5.39 Å². The monoisotopic (exact) mass is 410 g/mol. The number of aryl methyl sites for hydroxylation is 1. The van der Waals surface area contributed by atoms with E-state index in [2.05, 4.69) is 22.5 Å². The molecule has 0 unspecified atom stereocenters. The highest BCUT2D eigenvalue weighted by Crippen LogP contribution is 2.14. The molecule has 1 N–H and O–H groups in total. The maximum atomic E-state index is 12.9. The first-order chi connectivity index (χ1) is 15.2. The third-order valence-corrected chi connectivity index (χ3v) is 5.03. The van der Waals surface area contributed by atoms with E-state index in [0.717, 1.165) is 17.5 Å². The maximum Gasteiger partial charge on any atom is 0.292 e. The van der Waals surface area contributed by atoms with Crippen molar-refractivity contribution in [3.63, 3.8) is 0 Å². The van der Waals surface area contributed by atoms with E-state index < -0.39 is 5.91 Å². The minimum absolute atomic E-state index is 0.157. The third kappa shape index (κ3) is 4.59. The molecular weight excluding hydrogens is 388 g/mol. The molecule has 0 radical (unpaired) electrons. The topological polar surface area (TPSA) is 76.3 Å². The van der Waals surface area contributed by atoms with Gasteiger partial charge in [0.1, 0.15) is 0 Å². The molecule has 6 heteroatoms. The Hall–Kier alpha value is -4.06. The second-order valence-electron chi connectivity index (χ2n) is 7.14. The first kappa shape index (κ1) is 20.2. The number of nitrogens with one attached hydrogen (secondary N) is 1. The molecule has 0 spiro atoms. The predicted molar refractivity (Wildman–Crippen MR) is 122 cm³/mol. The normalized spacial score (nSPS) is 11.1. The number of carbonyl (C=O) groups is 1. The van der Waals surface area contributed by atoms with E-state index in [9.17, 15) is 9.59 Å². The number of amides is 1. The van der Waals surface area contributed by atoms with E-state index in [4.69, 9.17) is 0 Å². The number of aromatic nitrogens is 2. The molecule has 0 saturated carbocycles. The maximum absolute atomic E-state index is 12.9. The lowest BCUT2D eigenvalue weighted by atomic mass is 10.1. The number of fused-ring (bicyclic) bond motifs is 1. The van der Waals surface area contributed by atoms with Gasteiger partial charge < -0.3 is 0 Å².